The first-order chi connectivity index (χ1) is 9.52. The molecule has 20 heavy (non-hydrogen) atoms. The monoisotopic (exact) mass is 350 g/mol. The van der Waals surface area contributed by atoms with Gasteiger partial charge in [-0.2, -0.15) is 5.26 Å². The molecule has 1 aromatic heterocycles. The zero-order valence-electron chi connectivity index (χ0n) is 9.95. The molecule has 0 N–H and O–H groups in total. The molecule has 100 valence electrons. The first-order valence-corrected chi connectivity index (χ1v) is 7.07. The Balaban J connectivity index is 2.34. The number of ketones is 1. The largest absolute Gasteiger partial charge is 0.324 e. The van der Waals surface area contributed by atoms with E-state index in [4.69, 9.17) is 0 Å². The summed E-state index contributed by atoms with van der Waals surface area (Å²) in [5.41, 5.74) is 0.558. The van der Waals surface area contributed by atoms with Gasteiger partial charge in [0.05, 0.1) is 15.9 Å². The third-order valence-electron chi connectivity index (χ3n) is 2.59. The van der Waals surface area contributed by atoms with Gasteiger partial charge in [0.15, 0.2) is 5.78 Å². The summed E-state index contributed by atoms with van der Waals surface area (Å²) in [4.78, 5) is 22.6. The first kappa shape index (κ1) is 14.4. The van der Waals surface area contributed by atoms with Gasteiger partial charge in [0, 0.05) is 10.5 Å². The molecule has 1 aromatic carbocycles. The van der Waals surface area contributed by atoms with Crippen molar-refractivity contribution in [2.45, 2.75) is 5.92 Å². The lowest BCUT2D eigenvalue weighted by atomic mass is 9.95. The second-order valence-electron chi connectivity index (χ2n) is 3.88. The van der Waals surface area contributed by atoms with Crippen LogP contribution in [-0.4, -0.2) is 10.7 Å². The molecule has 0 saturated heterocycles. The van der Waals surface area contributed by atoms with Crippen molar-refractivity contribution in [3.8, 4) is 6.07 Å². The molecule has 2 aromatic rings. The predicted molar refractivity (Wildman–Crippen MR) is 77.8 cm³/mol. The standard InChI is InChI=1S/C13H7BrN2O3S/c14-9-3-1-2-8(6-9)10(7-15)13(17)11-4-5-12(20-11)16(18)19/h1-6,10H. The Hall–Kier alpha value is -2.04. The molecule has 0 bridgehead atoms. The van der Waals surface area contributed by atoms with Crippen molar-refractivity contribution in [3.05, 3.63) is 61.4 Å². The van der Waals surface area contributed by atoms with Crippen molar-refractivity contribution in [2.24, 2.45) is 0 Å². The van der Waals surface area contributed by atoms with E-state index in [9.17, 15) is 20.2 Å². The number of benzene rings is 1. The maximum Gasteiger partial charge on any atom is 0.324 e. The highest BCUT2D eigenvalue weighted by Gasteiger charge is 2.25. The fraction of sp³-hybridized carbons (Fsp3) is 0.0769. The maximum atomic E-state index is 12.3. The molecule has 0 fully saturated rings. The lowest BCUT2D eigenvalue weighted by Crippen LogP contribution is -2.09. The van der Waals surface area contributed by atoms with Gasteiger partial charge in [0.25, 0.3) is 0 Å². The van der Waals surface area contributed by atoms with Gasteiger partial charge in [-0.05, 0) is 23.8 Å². The van der Waals surface area contributed by atoms with Gasteiger partial charge >= 0.3 is 5.00 Å². The third kappa shape index (κ3) is 2.92. The zero-order chi connectivity index (χ0) is 14.7. The Morgan fingerprint density at radius 3 is 2.70 bits per heavy atom. The smallest absolute Gasteiger partial charge is 0.291 e. The van der Waals surface area contributed by atoms with Crippen LogP contribution in [0.4, 0.5) is 5.00 Å². The second-order valence-corrected chi connectivity index (χ2v) is 5.85. The van der Waals surface area contributed by atoms with Gasteiger partial charge in [-0.15, -0.1) is 0 Å². The molecule has 0 aliphatic rings. The highest BCUT2D eigenvalue weighted by atomic mass is 79.9. The van der Waals surface area contributed by atoms with E-state index in [1.54, 1.807) is 24.3 Å². The number of carbonyl (C=O) groups is 1. The van der Waals surface area contributed by atoms with E-state index >= 15 is 0 Å². The molecule has 1 atom stereocenters. The van der Waals surface area contributed by atoms with Crippen LogP contribution in [0.25, 0.3) is 0 Å². The third-order valence-corrected chi connectivity index (χ3v) is 4.13. The molecule has 0 aliphatic heterocycles. The first-order valence-electron chi connectivity index (χ1n) is 5.46. The normalized spacial score (nSPS) is 11.6. The van der Waals surface area contributed by atoms with Crippen molar-refractivity contribution in [3.63, 3.8) is 0 Å². The van der Waals surface area contributed by atoms with Gasteiger partial charge < -0.3 is 0 Å². The fourth-order valence-corrected chi connectivity index (χ4v) is 2.88. The molecule has 0 radical (unpaired) electrons. The molecular formula is C13H7BrN2O3S. The predicted octanol–water partition coefficient (Wildman–Crippen LogP) is 3.91. The topological polar surface area (TPSA) is 84.0 Å². The number of hydrogen-bond acceptors (Lipinski definition) is 5. The summed E-state index contributed by atoms with van der Waals surface area (Å²) in [6, 6.07) is 11.5. The van der Waals surface area contributed by atoms with Gasteiger partial charge in [-0.1, -0.05) is 39.4 Å². The van der Waals surface area contributed by atoms with Crippen molar-refractivity contribution in [1.82, 2.24) is 0 Å². The second kappa shape index (κ2) is 5.94. The number of rotatable bonds is 4. The maximum absolute atomic E-state index is 12.3. The van der Waals surface area contributed by atoms with Gasteiger partial charge in [-0.3, -0.25) is 14.9 Å². The van der Waals surface area contributed by atoms with E-state index in [1.807, 2.05) is 6.07 Å². The molecule has 0 saturated carbocycles. The average Bonchev–Trinajstić information content (AvgIpc) is 2.89. The van der Waals surface area contributed by atoms with E-state index in [-0.39, 0.29) is 9.88 Å². The van der Waals surface area contributed by atoms with Gasteiger partial charge in [0.1, 0.15) is 5.92 Å². The van der Waals surface area contributed by atoms with Gasteiger partial charge in [0.2, 0.25) is 0 Å². The number of thiophene rings is 1. The van der Waals surface area contributed by atoms with E-state index in [0.717, 1.165) is 15.8 Å². The Morgan fingerprint density at radius 2 is 2.15 bits per heavy atom. The number of nitro groups is 1. The molecule has 0 amide bonds. The Labute approximate surface area is 126 Å². The number of halogens is 1. The number of carbonyl (C=O) groups excluding carboxylic acids is 1. The van der Waals surface area contributed by atoms with E-state index < -0.39 is 16.6 Å². The van der Waals surface area contributed by atoms with E-state index in [1.165, 1.54) is 12.1 Å². The van der Waals surface area contributed by atoms with Crippen molar-refractivity contribution >= 4 is 38.1 Å². The van der Waals surface area contributed by atoms with Crippen molar-refractivity contribution in [1.29, 1.82) is 5.26 Å². The van der Waals surface area contributed by atoms with Crippen LogP contribution in [0.15, 0.2) is 40.9 Å². The summed E-state index contributed by atoms with van der Waals surface area (Å²) in [6.07, 6.45) is 0. The van der Waals surface area contributed by atoms with Gasteiger partial charge in [-0.25, -0.2) is 0 Å². The van der Waals surface area contributed by atoms with Crippen LogP contribution in [0.5, 0.6) is 0 Å². The highest BCUT2D eigenvalue weighted by Crippen LogP contribution is 2.29. The van der Waals surface area contributed by atoms with E-state index in [0.29, 0.717) is 5.56 Å². The number of hydrogen-bond donors (Lipinski definition) is 0. The Morgan fingerprint density at radius 1 is 1.40 bits per heavy atom. The average molecular weight is 351 g/mol. The van der Waals surface area contributed by atoms with Crippen LogP contribution < -0.4 is 0 Å². The summed E-state index contributed by atoms with van der Waals surface area (Å²) in [5, 5.41) is 19.7. The minimum atomic E-state index is -0.967. The Bertz CT molecular complexity index is 720. The molecule has 2 rings (SSSR count). The minimum absolute atomic E-state index is 0.112. The Kier molecular flexibility index (Phi) is 4.27. The summed E-state index contributed by atoms with van der Waals surface area (Å²) >= 11 is 4.06. The molecule has 7 heteroatoms. The molecule has 1 heterocycles. The molecule has 0 aliphatic carbocycles. The van der Waals surface area contributed by atoms with Crippen LogP contribution in [-0.2, 0) is 0 Å². The van der Waals surface area contributed by atoms with Crippen molar-refractivity contribution in [2.75, 3.05) is 0 Å². The van der Waals surface area contributed by atoms with Crippen LogP contribution >= 0.6 is 27.3 Å². The molecular weight excluding hydrogens is 344 g/mol. The number of nitrogens with zero attached hydrogens (tertiary/aromatic N) is 2. The number of Topliss-reactive ketones (excluding diaryl/α,β-unsaturated/α-hetero) is 1. The van der Waals surface area contributed by atoms with Crippen LogP contribution in [0.3, 0.4) is 0 Å². The van der Waals surface area contributed by atoms with E-state index in [2.05, 4.69) is 15.9 Å². The lowest BCUT2D eigenvalue weighted by Gasteiger charge is -2.07. The lowest BCUT2D eigenvalue weighted by molar-refractivity contribution is -0.380. The van der Waals surface area contributed by atoms with Crippen molar-refractivity contribution < 1.29 is 9.72 Å². The number of nitriles is 1. The fourth-order valence-electron chi connectivity index (χ4n) is 1.67. The summed E-state index contributed by atoms with van der Waals surface area (Å²) in [7, 11) is 0. The minimum Gasteiger partial charge on any atom is -0.291 e. The molecule has 1 unspecified atom stereocenters. The quantitative estimate of drug-likeness (QED) is 0.475. The molecule has 0 spiro atoms. The summed E-state index contributed by atoms with van der Waals surface area (Å²) in [6.45, 7) is 0. The SMILES string of the molecule is N#CC(C(=O)c1ccc([N+](=O)[O-])s1)c1cccc(Br)c1. The van der Waals surface area contributed by atoms with Crippen LogP contribution in [0.1, 0.15) is 21.2 Å². The highest BCUT2D eigenvalue weighted by molar-refractivity contribution is 9.10. The van der Waals surface area contributed by atoms with Crippen LogP contribution in [0.2, 0.25) is 0 Å². The summed E-state index contributed by atoms with van der Waals surface area (Å²) in [5.74, 6) is -1.39. The molecule has 5 nitrogen and oxygen atoms in total. The van der Waals surface area contributed by atoms with Crippen LogP contribution in [0, 0.1) is 21.4 Å². The summed E-state index contributed by atoms with van der Waals surface area (Å²) < 4.78 is 0.764. The zero-order valence-corrected chi connectivity index (χ0v) is 12.3.